The quantitative estimate of drug-likeness (QED) is 0.441. The van der Waals surface area contributed by atoms with Crippen molar-refractivity contribution in [1.82, 2.24) is 10.2 Å². The first kappa shape index (κ1) is 24.3. The highest BCUT2D eigenvalue weighted by Crippen LogP contribution is 2.22. The SMILES string of the molecule is CN1CCN(c2ccc(NC(=O)C(CNCCc3ccc(Cl)cc3)c3ccccc3)cc2)CC1. The molecule has 0 spiro atoms. The molecular weight excluding hydrogens is 444 g/mol. The van der Waals surface area contributed by atoms with Crippen LogP contribution in [0, 0.1) is 0 Å². The van der Waals surface area contributed by atoms with E-state index in [0.29, 0.717) is 6.54 Å². The summed E-state index contributed by atoms with van der Waals surface area (Å²) in [6.07, 6.45) is 0.883. The number of anilines is 2. The Morgan fingerprint density at radius 1 is 0.912 bits per heavy atom. The van der Waals surface area contributed by atoms with Crippen molar-refractivity contribution >= 4 is 28.9 Å². The maximum absolute atomic E-state index is 13.3. The molecule has 34 heavy (non-hydrogen) atoms. The Bertz CT molecular complexity index is 1030. The van der Waals surface area contributed by atoms with E-state index in [2.05, 4.69) is 39.6 Å². The van der Waals surface area contributed by atoms with Gasteiger partial charge in [-0.3, -0.25) is 4.79 Å². The maximum atomic E-state index is 13.3. The lowest BCUT2D eigenvalue weighted by atomic mass is 9.97. The van der Waals surface area contributed by atoms with Gasteiger partial charge in [0.1, 0.15) is 0 Å². The summed E-state index contributed by atoms with van der Waals surface area (Å²) in [5.41, 5.74) is 4.26. The fraction of sp³-hybridized carbons (Fsp3) is 0.321. The molecule has 5 nitrogen and oxygen atoms in total. The highest BCUT2D eigenvalue weighted by atomic mass is 35.5. The van der Waals surface area contributed by atoms with Crippen molar-refractivity contribution in [3.63, 3.8) is 0 Å². The second kappa shape index (κ2) is 12.0. The number of nitrogens with one attached hydrogen (secondary N) is 2. The van der Waals surface area contributed by atoms with E-state index in [4.69, 9.17) is 11.6 Å². The van der Waals surface area contributed by atoms with Crippen molar-refractivity contribution in [2.75, 3.05) is 56.5 Å². The van der Waals surface area contributed by atoms with Gasteiger partial charge in [-0.15, -0.1) is 0 Å². The van der Waals surface area contributed by atoms with Crippen molar-refractivity contribution in [3.8, 4) is 0 Å². The van der Waals surface area contributed by atoms with Crippen LogP contribution in [0.4, 0.5) is 11.4 Å². The summed E-state index contributed by atoms with van der Waals surface area (Å²) in [5.74, 6) is -0.277. The molecule has 0 aliphatic carbocycles. The Morgan fingerprint density at radius 3 is 2.26 bits per heavy atom. The Hall–Kier alpha value is -2.86. The summed E-state index contributed by atoms with van der Waals surface area (Å²) < 4.78 is 0. The molecule has 1 unspecified atom stereocenters. The van der Waals surface area contributed by atoms with Crippen molar-refractivity contribution in [2.24, 2.45) is 0 Å². The molecular formula is C28H33ClN4O. The van der Waals surface area contributed by atoms with Crippen LogP contribution in [0.25, 0.3) is 0 Å². The number of amides is 1. The number of rotatable bonds is 9. The van der Waals surface area contributed by atoms with Crippen LogP contribution in [0.15, 0.2) is 78.9 Å². The summed E-state index contributed by atoms with van der Waals surface area (Å²) >= 11 is 5.97. The molecule has 1 aliphatic rings. The van der Waals surface area contributed by atoms with Crippen LogP contribution in [0.3, 0.4) is 0 Å². The molecule has 1 fully saturated rings. The molecule has 0 aromatic heterocycles. The van der Waals surface area contributed by atoms with E-state index >= 15 is 0 Å². The Kier molecular flexibility index (Phi) is 8.58. The molecule has 1 heterocycles. The average Bonchev–Trinajstić information content (AvgIpc) is 2.86. The van der Waals surface area contributed by atoms with E-state index in [9.17, 15) is 4.79 Å². The van der Waals surface area contributed by atoms with Crippen LogP contribution in [0.2, 0.25) is 5.02 Å². The van der Waals surface area contributed by atoms with Gasteiger partial charge in [-0.05, 0) is 67.5 Å². The first-order chi connectivity index (χ1) is 16.6. The molecule has 4 rings (SSSR count). The predicted molar refractivity (Wildman–Crippen MR) is 142 cm³/mol. The smallest absolute Gasteiger partial charge is 0.233 e. The highest BCUT2D eigenvalue weighted by molar-refractivity contribution is 6.30. The zero-order valence-electron chi connectivity index (χ0n) is 19.7. The Labute approximate surface area is 207 Å². The van der Waals surface area contributed by atoms with Gasteiger partial charge in [0.25, 0.3) is 0 Å². The molecule has 0 saturated carbocycles. The van der Waals surface area contributed by atoms with Gasteiger partial charge in [-0.25, -0.2) is 0 Å². The lowest BCUT2D eigenvalue weighted by Gasteiger charge is -2.34. The second-order valence-corrected chi connectivity index (χ2v) is 9.31. The summed E-state index contributed by atoms with van der Waals surface area (Å²) in [6.45, 7) is 5.56. The average molecular weight is 477 g/mol. The highest BCUT2D eigenvalue weighted by Gasteiger charge is 2.21. The van der Waals surface area contributed by atoms with Crippen LogP contribution < -0.4 is 15.5 Å². The second-order valence-electron chi connectivity index (χ2n) is 8.87. The molecule has 1 atom stereocenters. The van der Waals surface area contributed by atoms with Crippen molar-refractivity contribution in [3.05, 3.63) is 95.0 Å². The predicted octanol–water partition coefficient (Wildman–Crippen LogP) is 4.65. The lowest BCUT2D eigenvalue weighted by molar-refractivity contribution is -0.117. The number of piperazine rings is 1. The minimum atomic E-state index is -0.274. The van der Waals surface area contributed by atoms with Crippen LogP contribution in [0.5, 0.6) is 0 Å². The number of hydrogen-bond donors (Lipinski definition) is 2. The monoisotopic (exact) mass is 476 g/mol. The van der Waals surface area contributed by atoms with Gasteiger partial charge >= 0.3 is 0 Å². The lowest BCUT2D eigenvalue weighted by Crippen LogP contribution is -2.44. The fourth-order valence-corrected chi connectivity index (χ4v) is 4.35. The number of hydrogen-bond acceptors (Lipinski definition) is 4. The molecule has 6 heteroatoms. The molecule has 1 amide bonds. The molecule has 2 N–H and O–H groups in total. The van der Waals surface area contributed by atoms with Gasteiger partial charge in [-0.2, -0.15) is 0 Å². The third kappa shape index (κ3) is 6.83. The Balaban J connectivity index is 1.35. The summed E-state index contributed by atoms with van der Waals surface area (Å²) in [7, 11) is 2.16. The van der Waals surface area contributed by atoms with Gasteiger partial charge in [0, 0.05) is 49.1 Å². The summed E-state index contributed by atoms with van der Waals surface area (Å²) in [4.78, 5) is 18.0. The van der Waals surface area contributed by atoms with Crippen molar-refractivity contribution in [1.29, 1.82) is 0 Å². The molecule has 1 aliphatic heterocycles. The van der Waals surface area contributed by atoms with Gasteiger partial charge in [-0.1, -0.05) is 54.1 Å². The normalized spacial score (nSPS) is 15.2. The third-order valence-electron chi connectivity index (χ3n) is 6.37. The molecule has 0 bridgehead atoms. The molecule has 3 aromatic carbocycles. The number of nitrogens with zero attached hydrogens (tertiary/aromatic N) is 2. The van der Waals surface area contributed by atoms with E-state index in [0.717, 1.165) is 55.4 Å². The number of carbonyl (C=O) groups is 1. The maximum Gasteiger partial charge on any atom is 0.233 e. The molecule has 3 aromatic rings. The van der Waals surface area contributed by atoms with E-state index in [1.807, 2.05) is 66.7 Å². The first-order valence-electron chi connectivity index (χ1n) is 11.9. The number of likely N-dealkylation sites (N-methyl/N-ethyl adjacent to an activating group) is 1. The third-order valence-corrected chi connectivity index (χ3v) is 6.63. The van der Waals surface area contributed by atoms with Gasteiger partial charge in [0.05, 0.1) is 5.92 Å². The van der Waals surface area contributed by atoms with Crippen LogP contribution in [0.1, 0.15) is 17.0 Å². The van der Waals surface area contributed by atoms with Crippen molar-refractivity contribution < 1.29 is 4.79 Å². The zero-order valence-corrected chi connectivity index (χ0v) is 20.5. The number of halogens is 1. The van der Waals surface area contributed by atoms with E-state index in [1.54, 1.807) is 0 Å². The van der Waals surface area contributed by atoms with E-state index < -0.39 is 0 Å². The summed E-state index contributed by atoms with van der Waals surface area (Å²) in [6, 6.07) is 26.1. The van der Waals surface area contributed by atoms with Gasteiger partial charge in [0.15, 0.2) is 0 Å². The fourth-order valence-electron chi connectivity index (χ4n) is 4.23. The molecule has 178 valence electrons. The number of carbonyl (C=O) groups excluding carboxylic acids is 1. The number of benzene rings is 3. The van der Waals surface area contributed by atoms with Gasteiger partial charge < -0.3 is 20.4 Å². The topological polar surface area (TPSA) is 47.6 Å². The summed E-state index contributed by atoms with van der Waals surface area (Å²) in [5, 5.41) is 7.33. The molecule has 0 radical (unpaired) electrons. The van der Waals surface area contributed by atoms with Crippen LogP contribution >= 0.6 is 11.6 Å². The van der Waals surface area contributed by atoms with Gasteiger partial charge in [0.2, 0.25) is 5.91 Å². The van der Waals surface area contributed by atoms with Crippen molar-refractivity contribution in [2.45, 2.75) is 12.3 Å². The van der Waals surface area contributed by atoms with Crippen LogP contribution in [-0.2, 0) is 11.2 Å². The Morgan fingerprint density at radius 2 is 1.59 bits per heavy atom. The largest absolute Gasteiger partial charge is 0.369 e. The standard InChI is InChI=1S/C28H33ClN4O/c1-32-17-19-33(20-18-32)26-13-11-25(12-14-26)31-28(34)27(23-5-3-2-4-6-23)21-30-16-15-22-7-9-24(29)10-8-22/h2-14,27,30H,15-21H2,1H3,(H,31,34). The minimum absolute atomic E-state index is 0.00228. The first-order valence-corrected chi connectivity index (χ1v) is 12.3. The minimum Gasteiger partial charge on any atom is -0.369 e. The zero-order chi connectivity index (χ0) is 23.8. The van der Waals surface area contributed by atoms with Crippen LogP contribution in [-0.4, -0.2) is 57.1 Å². The molecule has 1 saturated heterocycles. The van der Waals surface area contributed by atoms with E-state index in [-0.39, 0.29) is 11.8 Å². The van der Waals surface area contributed by atoms with E-state index in [1.165, 1.54) is 11.3 Å².